The highest BCUT2D eigenvalue weighted by Crippen LogP contribution is 2.27. The standard InChI is InChI=1S/C13H22O4/c14-12(15)10-8-6-4-2-1-3-5-7-9-11(10)13(16)17/h10-11H,1-9H2,(H,14,15)(H,16,17)/t10-,11-/m1/s1. The van der Waals surface area contributed by atoms with Gasteiger partial charge in [-0.1, -0.05) is 44.9 Å². The van der Waals surface area contributed by atoms with Crippen molar-refractivity contribution < 1.29 is 19.8 Å². The highest BCUT2D eigenvalue weighted by Gasteiger charge is 2.32. The van der Waals surface area contributed by atoms with E-state index in [0.717, 1.165) is 38.5 Å². The van der Waals surface area contributed by atoms with E-state index < -0.39 is 23.8 Å². The third-order valence-electron chi connectivity index (χ3n) is 3.65. The zero-order chi connectivity index (χ0) is 12.7. The van der Waals surface area contributed by atoms with Gasteiger partial charge in [-0.15, -0.1) is 0 Å². The highest BCUT2D eigenvalue weighted by atomic mass is 16.4. The minimum atomic E-state index is -0.948. The van der Waals surface area contributed by atoms with Crippen molar-refractivity contribution in [3.05, 3.63) is 0 Å². The van der Waals surface area contributed by atoms with Gasteiger partial charge in [-0.05, 0) is 12.8 Å². The molecule has 1 aliphatic carbocycles. The quantitative estimate of drug-likeness (QED) is 0.780. The van der Waals surface area contributed by atoms with Gasteiger partial charge in [-0.2, -0.15) is 0 Å². The van der Waals surface area contributed by atoms with Gasteiger partial charge in [0.25, 0.3) is 0 Å². The van der Waals surface area contributed by atoms with E-state index in [2.05, 4.69) is 0 Å². The van der Waals surface area contributed by atoms with Crippen LogP contribution < -0.4 is 0 Å². The van der Waals surface area contributed by atoms with Gasteiger partial charge in [0, 0.05) is 0 Å². The molecule has 2 atom stereocenters. The van der Waals surface area contributed by atoms with Crippen molar-refractivity contribution in [2.75, 3.05) is 0 Å². The molecular formula is C13H22O4. The van der Waals surface area contributed by atoms with Gasteiger partial charge in [0.15, 0.2) is 0 Å². The molecule has 0 aromatic carbocycles. The third kappa shape index (κ3) is 4.75. The molecule has 0 heterocycles. The third-order valence-corrected chi connectivity index (χ3v) is 3.65. The number of hydrogen-bond donors (Lipinski definition) is 2. The van der Waals surface area contributed by atoms with Crippen molar-refractivity contribution in [3.63, 3.8) is 0 Å². The molecule has 0 spiro atoms. The van der Waals surface area contributed by atoms with Crippen molar-refractivity contribution >= 4 is 11.9 Å². The minimum Gasteiger partial charge on any atom is -0.481 e. The zero-order valence-electron chi connectivity index (χ0n) is 10.2. The largest absolute Gasteiger partial charge is 0.481 e. The number of rotatable bonds is 2. The maximum absolute atomic E-state index is 11.2. The van der Waals surface area contributed by atoms with Crippen LogP contribution in [0.2, 0.25) is 0 Å². The minimum absolute atomic E-state index is 0.506. The Labute approximate surface area is 102 Å². The van der Waals surface area contributed by atoms with Crippen molar-refractivity contribution in [2.24, 2.45) is 11.8 Å². The molecule has 0 saturated heterocycles. The average Bonchev–Trinajstić information content (AvgIpc) is 2.31. The lowest BCUT2D eigenvalue weighted by Crippen LogP contribution is -2.29. The summed E-state index contributed by atoms with van der Waals surface area (Å²) in [4.78, 5) is 22.3. The molecule has 0 bridgehead atoms. The molecule has 0 radical (unpaired) electrons. The second-order valence-corrected chi connectivity index (χ2v) is 4.94. The van der Waals surface area contributed by atoms with E-state index in [4.69, 9.17) is 10.2 Å². The number of carbonyl (C=O) groups is 2. The first-order valence-corrected chi connectivity index (χ1v) is 6.58. The van der Waals surface area contributed by atoms with Crippen molar-refractivity contribution in [2.45, 2.75) is 57.8 Å². The van der Waals surface area contributed by atoms with E-state index in [0.29, 0.717) is 12.8 Å². The SMILES string of the molecule is O=C(O)[C@@H]1CCCCCCCCC[C@H]1C(=O)O. The van der Waals surface area contributed by atoms with Crippen LogP contribution >= 0.6 is 0 Å². The molecule has 1 rings (SSSR count). The van der Waals surface area contributed by atoms with Crippen LogP contribution in [-0.4, -0.2) is 22.2 Å². The number of aliphatic carboxylic acids is 2. The van der Waals surface area contributed by atoms with Gasteiger partial charge >= 0.3 is 11.9 Å². The summed E-state index contributed by atoms with van der Waals surface area (Å²) >= 11 is 0. The molecule has 0 aromatic heterocycles. The van der Waals surface area contributed by atoms with E-state index in [9.17, 15) is 9.59 Å². The Morgan fingerprint density at radius 2 is 0.941 bits per heavy atom. The van der Waals surface area contributed by atoms with Crippen LogP contribution in [0, 0.1) is 11.8 Å². The Balaban J connectivity index is 2.68. The summed E-state index contributed by atoms with van der Waals surface area (Å²) < 4.78 is 0. The molecule has 1 saturated carbocycles. The summed E-state index contributed by atoms with van der Waals surface area (Å²) in [7, 11) is 0. The lowest BCUT2D eigenvalue weighted by Gasteiger charge is -2.19. The van der Waals surface area contributed by atoms with E-state index in [1.54, 1.807) is 0 Å². The Morgan fingerprint density at radius 1 is 0.647 bits per heavy atom. The van der Waals surface area contributed by atoms with E-state index >= 15 is 0 Å². The van der Waals surface area contributed by atoms with Gasteiger partial charge in [-0.3, -0.25) is 9.59 Å². The maximum Gasteiger partial charge on any atom is 0.307 e. The van der Waals surface area contributed by atoms with Crippen LogP contribution in [0.4, 0.5) is 0 Å². The van der Waals surface area contributed by atoms with Crippen molar-refractivity contribution in [3.8, 4) is 0 Å². The molecule has 0 aliphatic heterocycles. The molecule has 0 unspecified atom stereocenters. The molecular weight excluding hydrogens is 220 g/mol. The van der Waals surface area contributed by atoms with Crippen LogP contribution in [0.25, 0.3) is 0 Å². The van der Waals surface area contributed by atoms with E-state index in [-0.39, 0.29) is 0 Å². The summed E-state index contributed by atoms with van der Waals surface area (Å²) in [5.41, 5.74) is 0. The summed E-state index contributed by atoms with van der Waals surface area (Å²) in [6.45, 7) is 0. The molecule has 1 aliphatic rings. The van der Waals surface area contributed by atoms with Gasteiger partial charge in [0.2, 0.25) is 0 Å². The fourth-order valence-electron chi connectivity index (χ4n) is 2.61. The Hall–Kier alpha value is -1.06. The predicted molar refractivity (Wildman–Crippen MR) is 63.8 cm³/mol. The Morgan fingerprint density at radius 3 is 1.24 bits per heavy atom. The molecule has 4 nitrogen and oxygen atoms in total. The normalized spacial score (nSPS) is 28.0. The predicted octanol–water partition coefficient (Wildman–Crippen LogP) is 2.91. The molecule has 1 fully saturated rings. The van der Waals surface area contributed by atoms with Gasteiger partial charge < -0.3 is 10.2 Å². The van der Waals surface area contributed by atoms with Gasteiger partial charge in [0.05, 0.1) is 11.8 Å². The molecule has 17 heavy (non-hydrogen) atoms. The fourth-order valence-corrected chi connectivity index (χ4v) is 2.61. The molecule has 0 aromatic rings. The number of hydrogen-bond acceptors (Lipinski definition) is 2. The Kier molecular flexibility index (Phi) is 6.01. The van der Waals surface area contributed by atoms with Crippen LogP contribution in [0.15, 0.2) is 0 Å². The van der Waals surface area contributed by atoms with Crippen LogP contribution in [0.5, 0.6) is 0 Å². The zero-order valence-corrected chi connectivity index (χ0v) is 10.2. The fraction of sp³-hybridized carbons (Fsp3) is 0.846. The second-order valence-electron chi connectivity index (χ2n) is 4.94. The molecule has 98 valence electrons. The molecule has 4 heteroatoms. The van der Waals surface area contributed by atoms with Crippen molar-refractivity contribution in [1.82, 2.24) is 0 Å². The first kappa shape index (κ1) is 14.0. The number of carboxylic acid groups (broad SMARTS) is 2. The second kappa shape index (κ2) is 7.30. The summed E-state index contributed by atoms with van der Waals surface area (Å²) in [6, 6.07) is 0. The maximum atomic E-state index is 11.2. The summed E-state index contributed by atoms with van der Waals surface area (Å²) in [5, 5.41) is 18.3. The first-order valence-electron chi connectivity index (χ1n) is 6.58. The molecule has 2 N–H and O–H groups in total. The summed E-state index contributed by atoms with van der Waals surface area (Å²) in [6.07, 6.45) is 8.20. The van der Waals surface area contributed by atoms with Gasteiger partial charge in [-0.25, -0.2) is 0 Å². The van der Waals surface area contributed by atoms with Crippen LogP contribution in [0.3, 0.4) is 0 Å². The molecule has 0 amide bonds. The Bertz CT molecular complexity index is 236. The average molecular weight is 242 g/mol. The van der Waals surface area contributed by atoms with E-state index in [1.165, 1.54) is 6.42 Å². The van der Waals surface area contributed by atoms with Crippen LogP contribution in [0.1, 0.15) is 57.8 Å². The number of carboxylic acids is 2. The smallest absolute Gasteiger partial charge is 0.307 e. The first-order chi connectivity index (χ1) is 8.13. The topological polar surface area (TPSA) is 74.6 Å². The lowest BCUT2D eigenvalue weighted by atomic mass is 9.84. The summed E-state index contributed by atoms with van der Waals surface area (Å²) in [5.74, 6) is -3.30. The van der Waals surface area contributed by atoms with Gasteiger partial charge in [0.1, 0.15) is 0 Å². The lowest BCUT2D eigenvalue weighted by molar-refractivity contribution is -0.154. The monoisotopic (exact) mass is 242 g/mol. The van der Waals surface area contributed by atoms with Crippen molar-refractivity contribution in [1.29, 1.82) is 0 Å². The highest BCUT2D eigenvalue weighted by molar-refractivity contribution is 5.79. The van der Waals surface area contributed by atoms with E-state index in [1.807, 2.05) is 0 Å². The van der Waals surface area contributed by atoms with Crippen LogP contribution in [-0.2, 0) is 9.59 Å².